The number of nitrogens with zero attached hydrogens (tertiary/aromatic N) is 1. The number of aliphatic hydroxyl groups excluding tert-OH is 1. The molecular formula is C12H17F3N2O. The predicted octanol–water partition coefficient (Wildman–Crippen LogP) is 2.07. The first-order chi connectivity index (χ1) is 8.33. The molecule has 18 heavy (non-hydrogen) atoms. The molecule has 0 saturated carbocycles. The van der Waals surface area contributed by atoms with E-state index in [2.05, 4.69) is 0 Å². The first-order valence-corrected chi connectivity index (χ1v) is 5.61. The topological polar surface area (TPSA) is 49.5 Å². The van der Waals surface area contributed by atoms with Crippen molar-refractivity contribution in [1.29, 1.82) is 0 Å². The lowest BCUT2D eigenvalue weighted by molar-refractivity contribution is -0.119. The van der Waals surface area contributed by atoms with Crippen molar-refractivity contribution in [1.82, 2.24) is 0 Å². The minimum atomic E-state index is -4.30. The number of hydrogen-bond acceptors (Lipinski definition) is 3. The first kappa shape index (κ1) is 14.8. The minimum absolute atomic E-state index is 0.0585. The van der Waals surface area contributed by atoms with E-state index in [4.69, 9.17) is 10.8 Å². The van der Waals surface area contributed by atoms with Gasteiger partial charge < -0.3 is 15.7 Å². The van der Waals surface area contributed by atoms with Crippen LogP contribution in [-0.4, -0.2) is 31.0 Å². The molecule has 1 aromatic rings. The van der Waals surface area contributed by atoms with E-state index in [0.717, 1.165) is 10.5 Å². The standard InChI is InChI=1S/C12H17F3N2O/c1-9(16)10-2-4-11(5-3-10)17(6-7-18)8-12(13,14)15/h2-5,9,18H,6-8,16H2,1H3. The van der Waals surface area contributed by atoms with E-state index in [1.54, 1.807) is 31.2 Å². The molecule has 0 amide bonds. The van der Waals surface area contributed by atoms with Gasteiger partial charge in [0, 0.05) is 18.3 Å². The highest BCUT2D eigenvalue weighted by atomic mass is 19.4. The lowest BCUT2D eigenvalue weighted by Gasteiger charge is -2.25. The summed E-state index contributed by atoms with van der Waals surface area (Å²) in [5, 5.41) is 8.81. The van der Waals surface area contributed by atoms with Gasteiger partial charge in [0.1, 0.15) is 6.54 Å². The van der Waals surface area contributed by atoms with Gasteiger partial charge in [-0.25, -0.2) is 0 Å². The van der Waals surface area contributed by atoms with Crippen LogP contribution in [0.25, 0.3) is 0 Å². The van der Waals surface area contributed by atoms with Crippen molar-refractivity contribution in [3.05, 3.63) is 29.8 Å². The Morgan fingerprint density at radius 3 is 2.22 bits per heavy atom. The zero-order valence-electron chi connectivity index (χ0n) is 10.1. The molecule has 0 aromatic heterocycles. The Morgan fingerprint density at radius 1 is 1.28 bits per heavy atom. The molecule has 0 bridgehead atoms. The molecule has 3 N–H and O–H groups in total. The van der Waals surface area contributed by atoms with Gasteiger partial charge in [-0.15, -0.1) is 0 Å². The Hall–Kier alpha value is -1.27. The second-order valence-electron chi connectivity index (χ2n) is 4.14. The normalized spacial score (nSPS) is 13.4. The molecule has 102 valence electrons. The average molecular weight is 262 g/mol. The van der Waals surface area contributed by atoms with Crippen molar-refractivity contribution in [2.24, 2.45) is 5.73 Å². The quantitative estimate of drug-likeness (QED) is 0.854. The summed E-state index contributed by atoms with van der Waals surface area (Å²) >= 11 is 0. The van der Waals surface area contributed by atoms with Gasteiger partial charge in [-0.1, -0.05) is 12.1 Å². The van der Waals surface area contributed by atoms with Crippen molar-refractivity contribution in [3.63, 3.8) is 0 Å². The SMILES string of the molecule is CC(N)c1ccc(N(CCO)CC(F)(F)F)cc1. The van der Waals surface area contributed by atoms with E-state index in [-0.39, 0.29) is 19.2 Å². The van der Waals surface area contributed by atoms with Crippen molar-refractivity contribution in [3.8, 4) is 0 Å². The van der Waals surface area contributed by atoms with Gasteiger partial charge in [-0.2, -0.15) is 13.2 Å². The molecule has 6 heteroatoms. The molecule has 0 spiro atoms. The molecule has 0 fully saturated rings. The van der Waals surface area contributed by atoms with Crippen LogP contribution >= 0.6 is 0 Å². The number of nitrogens with two attached hydrogens (primary N) is 1. The van der Waals surface area contributed by atoms with Gasteiger partial charge in [0.05, 0.1) is 6.61 Å². The zero-order valence-corrected chi connectivity index (χ0v) is 10.1. The summed E-state index contributed by atoms with van der Waals surface area (Å²) in [5.41, 5.74) is 6.94. The fourth-order valence-electron chi connectivity index (χ4n) is 1.63. The van der Waals surface area contributed by atoms with E-state index in [0.29, 0.717) is 5.69 Å². The Labute approximate surface area is 104 Å². The fourth-order valence-corrected chi connectivity index (χ4v) is 1.63. The van der Waals surface area contributed by atoms with E-state index >= 15 is 0 Å². The lowest BCUT2D eigenvalue weighted by Crippen LogP contribution is -2.36. The molecule has 0 radical (unpaired) electrons. The lowest BCUT2D eigenvalue weighted by atomic mass is 10.1. The summed E-state index contributed by atoms with van der Waals surface area (Å²) in [6.45, 7) is 0.337. The van der Waals surface area contributed by atoms with Crippen LogP contribution in [0.5, 0.6) is 0 Å². The maximum atomic E-state index is 12.4. The van der Waals surface area contributed by atoms with Gasteiger partial charge in [0.15, 0.2) is 0 Å². The van der Waals surface area contributed by atoms with Crippen LogP contribution < -0.4 is 10.6 Å². The molecule has 0 heterocycles. The molecule has 0 aliphatic heterocycles. The van der Waals surface area contributed by atoms with Crippen molar-refractivity contribution in [2.75, 3.05) is 24.6 Å². The van der Waals surface area contributed by atoms with Crippen molar-refractivity contribution >= 4 is 5.69 Å². The first-order valence-electron chi connectivity index (χ1n) is 5.61. The Bertz CT molecular complexity index is 363. The summed E-state index contributed by atoms with van der Waals surface area (Å²) in [4.78, 5) is 1.09. The summed E-state index contributed by atoms with van der Waals surface area (Å²) in [6, 6.07) is 6.40. The van der Waals surface area contributed by atoms with Crippen molar-refractivity contribution in [2.45, 2.75) is 19.1 Å². The fraction of sp³-hybridized carbons (Fsp3) is 0.500. The van der Waals surface area contributed by atoms with Crippen LogP contribution in [-0.2, 0) is 0 Å². The number of halogens is 3. The molecule has 1 atom stereocenters. The zero-order chi connectivity index (χ0) is 13.8. The summed E-state index contributed by atoms with van der Waals surface area (Å²) in [7, 11) is 0. The molecule has 1 aromatic carbocycles. The highest BCUT2D eigenvalue weighted by Crippen LogP contribution is 2.23. The smallest absolute Gasteiger partial charge is 0.395 e. The molecule has 3 nitrogen and oxygen atoms in total. The number of benzene rings is 1. The molecule has 0 aliphatic rings. The maximum absolute atomic E-state index is 12.4. The Balaban J connectivity index is 2.85. The highest BCUT2D eigenvalue weighted by Gasteiger charge is 2.30. The van der Waals surface area contributed by atoms with Gasteiger partial charge in [0.25, 0.3) is 0 Å². The number of alkyl halides is 3. The van der Waals surface area contributed by atoms with Crippen LogP contribution in [0.15, 0.2) is 24.3 Å². The minimum Gasteiger partial charge on any atom is -0.395 e. The molecule has 0 aliphatic carbocycles. The van der Waals surface area contributed by atoms with Crippen LogP contribution in [0, 0.1) is 0 Å². The van der Waals surface area contributed by atoms with Gasteiger partial charge in [0.2, 0.25) is 0 Å². The third kappa shape index (κ3) is 4.54. The summed E-state index contributed by atoms with van der Waals surface area (Å²) in [6.07, 6.45) is -4.30. The van der Waals surface area contributed by atoms with Crippen LogP contribution in [0.4, 0.5) is 18.9 Å². The maximum Gasteiger partial charge on any atom is 0.405 e. The van der Waals surface area contributed by atoms with Crippen molar-refractivity contribution < 1.29 is 18.3 Å². The number of rotatable bonds is 5. The third-order valence-corrected chi connectivity index (χ3v) is 2.52. The second kappa shape index (κ2) is 6.06. The van der Waals surface area contributed by atoms with Crippen LogP contribution in [0.1, 0.15) is 18.5 Å². The van der Waals surface area contributed by atoms with Gasteiger partial charge in [-0.3, -0.25) is 0 Å². The predicted molar refractivity (Wildman–Crippen MR) is 64.4 cm³/mol. The summed E-state index contributed by atoms with van der Waals surface area (Å²) < 4.78 is 37.1. The van der Waals surface area contributed by atoms with Crippen LogP contribution in [0.2, 0.25) is 0 Å². The second-order valence-corrected chi connectivity index (χ2v) is 4.14. The molecule has 1 unspecified atom stereocenters. The third-order valence-electron chi connectivity index (χ3n) is 2.52. The number of hydrogen-bond donors (Lipinski definition) is 2. The molecule has 0 saturated heterocycles. The Kier molecular flexibility index (Phi) is 4.98. The van der Waals surface area contributed by atoms with E-state index < -0.39 is 12.7 Å². The number of anilines is 1. The monoisotopic (exact) mass is 262 g/mol. The largest absolute Gasteiger partial charge is 0.405 e. The van der Waals surface area contributed by atoms with E-state index in [9.17, 15) is 13.2 Å². The van der Waals surface area contributed by atoms with E-state index in [1.165, 1.54) is 0 Å². The molecular weight excluding hydrogens is 245 g/mol. The number of aliphatic hydroxyl groups is 1. The highest BCUT2D eigenvalue weighted by molar-refractivity contribution is 5.48. The summed E-state index contributed by atoms with van der Waals surface area (Å²) in [5.74, 6) is 0. The molecule has 1 rings (SSSR count). The van der Waals surface area contributed by atoms with Gasteiger partial charge >= 0.3 is 6.18 Å². The van der Waals surface area contributed by atoms with Gasteiger partial charge in [-0.05, 0) is 24.6 Å². The Morgan fingerprint density at radius 2 is 1.83 bits per heavy atom. The average Bonchev–Trinajstić information content (AvgIpc) is 2.27. The van der Waals surface area contributed by atoms with E-state index in [1.807, 2.05) is 0 Å². The van der Waals surface area contributed by atoms with Crippen LogP contribution in [0.3, 0.4) is 0 Å².